The van der Waals surface area contributed by atoms with E-state index >= 15 is 0 Å². The molecule has 0 fully saturated rings. The van der Waals surface area contributed by atoms with Gasteiger partial charge in [-0.25, -0.2) is 0 Å². The number of furan rings is 1. The van der Waals surface area contributed by atoms with Crippen LogP contribution < -0.4 is 20.6 Å². The first-order valence-corrected chi connectivity index (χ1v) is 24.8. The highest BCUT2D eigenvalue weighted by Gasteiger charge is 2.48. The second-order valence-electron chi connectivity index (χ2n) is 21.4. The van der Waals surface area contributed by atoms with Crippen LogP contribution in [0.25, 0.3) is 77.2 Å². The van der Waals surface area contributed by atoms with Crippen molar-refractivity contribution in [3.63, 3.8) is 0 Å². The molecule has 2 aliphatic heterocycles. The first kappa shape index (κ1) is 40.9. The van der Waals surface area contributed by atoms with Gasteiger partial charge in [0.2, 0.25) is 0 Å². The van der Waals surface area contributed by atoms with Crippen molar-refractivity contribution in [2.45, 2.75) is 52.4 Å². The summed E-state index contributed by atoms with van der Waals surface area (Å²) in [4.78, 5) is 5.23. The summed E-state index contributed by atoms with van der Waals surface area (Å²) in [6, 6.07) is 75.0. The van der Waals surface area contributed by atoms with E-state index in [-0.39, 0.29) is 17.7 Å². The minimum Gasteiger partial charge on any atom is -0.454 e. The SMILES string of the molecule is Cc1cc2c3c(c1)N(c1ccc(C(C)(C)C)cc1-c1ccccc1)c1c(ccc4c1oc1cc5ccccc5cc14)B3N(c1ccc(-c3ccccc3)cc1)c1cc3c(cc1-2)-c1ccccc1C3(C)C. The summed E-state index contributed by atoms with van der Waals surface area (Å²) in [6.07, 6.45) is 0. The van der Waals surface area contributed by atoms with Crippen LogP contribution in [0.2, 0.25) is 0 Å². The Labute approximate surface area is 410 Å². The summed E-state index contributed by atoms with van der Waals surface area (Å²) in [5.74, 6) is 0. The third-order valence-corrected chi connectivity index (χ3v) is 15.8. The van der Waals surface area contributed by atoms with Gasteiger partial charge in [-0.1, -0.05) is 180 Å². The summed E-state index contributed by atoms with van der Waals surface area (Å²) >= 11 is 0. The molecule has 0 amide bonds. The van der Waals surface area contributed by atoms with Crippen molar-refractivity contribution in [1.82, 2.24) is 0 Å². The summed E-state index contributed by atoms with van der Waals surface area (Å²) in [5.41, 5.74) is 25.0. The van der Waals surface area contributed by atoms with Crippen LogP contribution in [0.1, 0.15) is 56.9 Å². The topological polar surface area (TPSA) is 19.6 Å². The highest BCUT2D eigenvalue weighted by atomic mass is 16.3. The zero-order valence-electron chi connectivity index (χ0n) is 40.4. The van der Waals surface area contributed by atoms with Crippen molar-refractivity contribution in [3.05, 3.63) is 222 Å². The average molecular weight is 899 g/mol. The van der Waals surface area contributed by atoms with E-state index in [9.17, 15) is 0 Å². The van der Waals surface area contributed by atoms with Crippen LogP contribution in [0.3, 0.4) is 0 Å². The minimum atomic E-state index is -0.192. The maximum atomic E-state index is 7.36. The predicted octanol–water partition coefficient (Wildman–Crippen LogP) is 16.7. The van der Waals surface area contributed by atoms with Crippen molar-refractivity contribution < 1.29 is 4.42 Å². The number of hydrogen-bond donors (Lipinski definition) is 0. The Balaban J connectivity index is 1.12. The van der Waals surface area contributed by atoms with E-state index in [4.69, 9.17) is 4.42 Å². The van der Waals surface area contributed by atoms with Gasteiger partial charge in [0.15, 0.2) is 5.58 Å². The molecule has 0 N–H and O–H groups in total. The van der Waals surface area contributed by atoms with Crippen LogP contribution in [-0.2, 0) is 10.8 Å². The van der Waals surface area contributed by atoms with E-state index in [1.54, 1.807) is 0 Å². The van der Waals surface area contributed by atoms with E-state index in [1.807, 2.05) is 0 Å². The van der Waals surface area contributed by atoms with Crippen LogP contribution in [-0.4, -0.2) is 6.85 Å². The molecule has 0 radical (unpaired) electrons. The van der Waals surface area contributed by atoms with Gasteiger partial charge >= 0.3 is 6.85 Å². The summed E-state index contributed by atoms with van der Waals surface area (Å²) < 4.78 is 7.36. The molecule has 0 spiro atoms. The number of rotatable bonds is 4. The molecule has 0 bridgehead atoms. The quantitative estimate of drug-likeness (QED) is 0.164. The molecule has 1 aromatic heterocycles. The Hall–Kier alpha value is -8.08. The predicted molar refractivity (Wildman–Crippen MR) is 297 cm³/mol. The molecular formula is C66H51BN2O. The maximum absolute atomic E-state index is 7.36. The zero-order valence-corrected chi connectivity index (χ0v) is 40.4. The second kappa shape index (κ2) is 14.7. The molecule has 3 aliphatic rings. The molecule has 0 saturated carbocycles. The van der Waals surface area contributed by atoms with Gasteiger partial charge in [0.25, 0.3) is 0 Å². The van der Waals surface area contributed by atoms with E-state index < -0.39 is 0 Å². The third-order valence-electron chi connectivity index (χ3n) is 15.8. The van der Waals surface area contributed by atoms with E-state index in [1.165, 1.54) is 99.8 Å². The standard InChI is InChI=1S/C66H51BN2O/c1-40-33-54-52-38-51-48-23-15-16-24-55(48)66(5,6)56(51)39-59(52)69(47-28-25-42(26-29-47)41-17-9-7-10-18-41)67-57-31-30-49-53-35-44-21-13-14-22-45(44)36-61(53)70-64(49)63(57)68(60(34-40)62(54)67)58-32-27-46(65(2,3)4)37-50(58)43-19-11-8-12-20-43/h7-39H,1-6H3. The second-order valence-corrected chi connectivity index (χ2v) is 21.4. The van der Waals surface area contributed by atoms with Gasteiger partial charge in [-0.2, -0.15) is 0 Å². The highest BCUT2D eigenvalue weighted by Crippen LogP contribution is 2.56. The number of hydrogen-bond acceptors (Lipinski definition) is 3. The lowest BCUT2D eigenvalue weighted by Gasteiger charge is -2.46. The molecule has 0 unspecified atom stereocenters. The van der Waals surface area contributed by atoms with Crippen molar-refractivity contribution in [2.24, 2.45) is 0 Å². The Morgan fingerprint density at radius 2 is 1.17 bits per heavy atom. The summed E-state index contributed by atoms with van der Waals surface area (Å²) in [5, 5.41) is 4.61. The largest absolute Gasteiger partial charge is 0.454 e. The fourth-order valence-electron chi connectivity index (χ4n) is 12.3. The van der Waals surface area contributed by atoms with Crippen LogP contribution in [0.15, 0.2) is 205 Å². The Morgan fingerprint density at radius 3 is 1.93 bits per heavy atom. The third kappa shape index (κ3) is 5.89. The molecule has 10 aromatic carbocycles. The van der Waals surface area contributed by atoms with E-state index in [0.717, 1.165) is 39.0 Å². The lowest BCUT2D eigenvalue weighted by Crippen LogP contribution is -2.61. The van der Waals surface area contributed by atoms with Gasteiger partial charge in [0, 0.05) is 44.4 Å². The van der Waals surface area contributed by atoms with Gasteiger partial charge in [-0.3, -0.25) is 0 Å². The van der Waals surface area contributed by atoms with Crippen molar-refractivity contribution in [2.75, 3.05) is 9.71 Å². The van der Waals surface area contributed by atoms with E-state index in [2.05, 4.69) is 251 Å². The number of nitrogens with zero attached hydrogens (tertiary/aromatic N) is 2. The van der Waals surface area contributed by atoms with Gasteiger partial charge in [0.1, 0.15) is 5.58 Å². The fraction of sp³-hybridized carbons (Fsp3) is 0.121. The molecule has 1 aliphatic carbocycles. The molecule has 334 valence electrons. The van der Waals surface area contributed by atoms with Crippen LogP contribution in [0, 0.1) is 6.92 Å². The Morgan fingerprint density at radius 1 is 0.486 bits per heavy atom. The summed E-state index contributed by atoms with van der Waals surface area (Å²) in [6.45, 7) is 13.8. The lowest BCUT2D eigenvalue weighted by atomic mass is 9.43. The molecule has 3 heterocycles. The normalized spacial score (nSPS) is 14.2. The molecular weight excluding hydrogens is 848 g/mol. The first-order chi connectivity index (χ1) is 34.0. The molecule has 4 heteroatoms. The molecule has 0 saturated heterocycles. The molecule has 70 heavy (non-hydrogen) atoms. The van der Waals surface area contributed by atoms with Crippen molar-refractivity contribution in [3.8, 4) is 44.5 Å². The Bertz CT molecular complexity index is 3970. The lowest BCUT2D eigenvalue weighted by molar-refractivity contribution is 0.590. The maximum Gasteiger partial charge on any atom is 0.333 e. The zero-order chi connectivity index (χ0) is 47.2. The van der Waals surface area contributed by atoms with Gasteiger partial charge in [-0.05, 0) is 144 Å². The van der Waals surface area contributed by atoms with Crippen LogP contribution in [0.4, 0.5) is 28.4 Å². The first-order valence-electron chi connectivity index (χ1n) is 24.8. The van der Waals surface area contributed by atoms with Crippen LogP contribution >= 0.6 is 0 Å². The van der Waals surface area contributed by atoms with Gasteiger partial charge in [0.05, 0.1) is 11.4 Å². The molecule has 3 nitrogen and oxygen atoms in total. The minimum absolute atomic E-state index is 0.0583. The van der Waals surface area contributed by atoms with E-state index in [0.29, 0.717) is 0 Å². The highest BCUT2D eigenvalue weighted by molar-refractivity contribution is 6.94. The fourth-order valence-corrected chi connectivity index (χ4v) is 12.3. The number of anilines is 5. The number of aryl methyl sites for hydroxylation is 1. The molecule has 11 aromatic rings. The monoisotopic (exact) mass is 898 g/mol. The smallest absolute Gasteiger partial charge is 0.333 e. The van der Waals surface area contributed by atoms with Crippen molar-refractivity contribution in [1.29, 1.82) is 0 Å². The van der Waals surface area contributed by atoms with Crippen molar-refractivity contribution >= 4 is 78.9 Å². The summed E-state index contributed by atoms with van der Waals surface area (Å²) in [7, 11) is 0. The Kier molecular flexibility index (Phi) is 8.61. The van der Waals surface area contributed by atoms with Gasteiger partial charge < -0.3 is 14.1 Å². The molecule has 0 atom stereocenters. The average Bonchev–Trinajstić information content (AvgIpc) is 3.86. The number of fused-ring (bicyclic) bond motifs is 12. The number of benzene rings is 10. The molecule has 14 rings (SSSR count). The van der Waals surface area contributed by atoms with Crippen LogP contribution in [0.5, 0.6) is 0 Å². The van der Waals surface area contributed by atoms with Gasteiger partial charge in [-0.15, -0.1) is 0 Å².